The first kappa shape index (κ1) is 29.0. The van der Waals surface area contributed by atoms with Gasteiger partial charge in [0.05, 0.1) is 42.6 Å². The van der Waals surface area contributed by atoms with E-state index < -0.39 is 40.1 Å². The first-order chi connectivity index (χ1) is 20.1. The van der Waals surface area contributed by atoms with Crippen molar-refractivity contribution in [3.63, 3.8) is 0 Å². The second kappa shape index (κ2) is 9.60. The monoisotopic (exact) mass is 586 g/mol. The molecule has 13 atom stereocenters. The molecule has 6 aliphatic rings. The molecular formula is C32H46N2O8. The first-order valence-electron chi connectivity index (χ1n) is 15.5. The Bertz CT molecular complexity index is 1250. The summed E-state index contributed by atoms with van der Waals surface area (Å²) in [4.78, 5) is 15.7. The van der Waals surface area contributed by atoms with Gasteiger partial charge in [0.2, 0.25) is 0 Å². The number of carbonyl (C=O) groups is 1. The van der Waals surface area contributed by atoms with E-state index in [9.17, 15) is 15.0 Å². The van der Waals surface area contributed by atoms with Crippen LogP contribution in [0.3, 0.4) is 0 Å². The van der Waals surface area contributed by atoms with Gasteiger partial charge in [-0.05, 0) is 43.9 Å². The van der Waals surface area contributed by atoms with E-state index in [0.717, 1.165) is 19.3 Å². The Labute approximate surface area is 247 Å². The second-order valence-corrected chi connectivity index (χ2v) is 13.8. The molecule has 0 aromatic heterocycles. The van der Waals surface area contributed by atoms with Crippen LogP contribution in [0.4, 0.5) is 5.69 Å². The van der Waals surface area contributed by atoms with Crippen molar-refractivity contribution in [1.82, 2.24) is 4.90 Å². The fraction of sp³-hybridized carbons (Fsp3) is 0.781. The molecule has 42 heavy (non-hydrogen) atoms. The number of likely N-dealkylation sites (tertiary alicyclic amines) is 1. The molecule has 10 nitrogen and oxygen atoms in total. The minimum Gasteiger partial charge on any atom is -0.461 e. The number of ether oxygens (including phenoxy) is 5. The highest BCUT2D eigenvalue weighted by atomic mass is 16.5. The summed E-state index contributed by atoms with van der Waals surface area (Å²) in [7, 11) is 6.80. The molecule has 1 spiro atoms. The number of carbonyl (C=O) groups excluding carboxylic acids is 1. The molecule has 1 unspecified atom stereocenters. The predicted molar refractivity (Wildman–Crippen MR) is 153 cm³/mol. The third kappa shape index (κ3) is 3.12. The molecule has 6 fully saturated rings. The van der Waals surface area contributed by atoms with Crippen molar-refractivity contribution in [2.24, 2.45) is 34.5 Å². The number of piperidine rings is 1. The Kier molecular flexibility index (Phi) is 6.62. The lowest BCUT2D eigenvalue weighted by Gasteiger charge is -2.70. The normalized spacial score (nSPS) is 50.1. The third-order valence-electron chi connectivity index (χ3n) is 13.0. The lowest BCUT2D eigenvalue weighted by Crippen LogP contribution is -2.82. The largest absolute Gasteiger partial charge is 0.461 e. The number of anilines is 1. The van der Waals surface area contributed by atoms with Crippen molar-refractivity contribution in [1.29, 1.82) is 0 Å². The summed E-state index contributed by atoms with van der Waals surface area (Å²) in [5.41, 5.74) is 2.65. The zero-order chi connectivity index (χ0) is 29.8. The lowest BCUT2D eigenvalue weighted by atomic mass is 9.42. The minimum atomic E-state index is -1.62. The van der Waals surface area contributed by atoms with Crippen LogP contribution < -0.4 is 5.73 Å². The third-order valence-corrected chi connectivity index (χ3v) is 13.0. The van der Waals surface area contributed by atoms with Crippen molar-refractivity contribution in [2.75, 3.05) is 53.9 Å². The van der Waals surface area contributed by atoms with Gasteiger partial charge < -0.3 is 39.6 Å². The topological polar surface area (TPSA) is 133 Å². The number of methoxy groups -OCH3 is 4. The van der Waals surface area contributed by atoms with Crippen LogP contribution in [-0.4, -0.2) is 111 Å². The van der Waals surface area contributed by atoms with Gasteiger partial charge in [0.15, 0.2) is 0 Å². The van der Waals surface area contributed by atoms with Gasteiger partial charge in [0.25, 0.3) is 0 Å². The predicted octanol–water partition coefficient (Wildman–Crippen LogP) is 1.72. The number of hydrogen-bond acceptors (Lipinski definition) is 10. The van der Waals surface area contributed by atoms with Crippen LogP contribution >= 0.6 is 0 Å². The number of nitrogens with two attached hydrogens (primary N) is 1. The van der Waals surface area contributed by atoms with Crippen LogP contribution in [0, 0.1) is 34.5 Å². The Balaban J connectivity index is 1.41. The maximum Gasteiger partial charge on any atom is 0.340 e. The van der Waals surface area contributed by atoms with Crippen LogP contribution in [0.25, 0.3) is 0 Å². The van der Waals surface area contributed by atoms with E-state index >= 15 is 0 Å². The van der Waals surface area contributed by atoms with Gasteiger partial charge in [-0.2, -0.15) is 0 Å². The van der Waals surface area contributed by atoms with Crippen LogP contribution in [0.5, 0.6) is 0 Å². The van der Waals surface area contributed by atoms with Crippen molar-refractivity contribution in [2.45, 2.75) is 74.3 Å². The number of hydrogen-bond donors (Lipinski definition) is 3. The van der Waals surface area contributed by atoms with E-state index in [-0.39, 0.29) is 48.6 Å². The fourth-order valence-electron chi connectivity index (χ4n) is 12.0. The average molecular weight is 587 g/mol. The number of para-hydroxylation sites is 1. The van der Waals surface area contributed by atoms with Crippen molar-refractivity contribution < 1.29 is 38.7 Å². The molecule has 5 saturated carbocycles. The van der Waals surface area contributed by atoms with Gasteiger partial charge in [-0.25, -0.2) is 4.79 Å². The van der Waals surface area contributed by atoms with Gasteiger partial charge in [0.1, 0.15) is 11.2 Å². The molecule has 7 bridgehead atoms. The summed E-state index contributed by atoms with van der Waals surface area (Å²) in [6.07, 6.45) is 1.22. The number of nitrogens with zero attached hydrogens (tertiary/aromatic N) is 1. The Morgan fingerprint density at radius 1 is 1.10 bits per heavy atom. The van der Waals surface area contributed by atoms with Crippen LogP contribution in [0.2, 0.25) is 0 Å². The maximum atomic E-state index is 13.4. The minimum absolute atomic E-state index is 0.00697. The molecular weight excluding hydrogens is 540 g/mol. The number of esters is 1. The van der Waals surface area contributed by atoms with E-state index in [2.05, 4.69) is 11.8 Å². The highest BCUT2D eigenvalue weighted by Gasteiger charge is 2.91. The standard InChI is InChI=1S/C32H46N2O8/c1-6-34-15-29(16-42-27(35)17-9-7-8-10-20(17)33)12-11-22(39-3)31-19-13-18-21(38-2)14-30(36,23(19)24(18)40-4)32(37,28(31)34)26(41-5)25(29)31/h7-10,18-19,21-26,28,36-37H,6,11-16,33H2,1-5H3/t18-,19-,21+,22+,23-,24+,25-,26+,28-,29+,30-,31?,32+/m1/s1. The molecule has 0 radical (unpaired) electrons. The second-order valence-electron chi connectivity index (χ2n) is 13.8. The summed E-state index contributed by atoms with van der Waals surface area (Å²) in [6.45, 7) is 3.54. The molecule has 1 aliphatic heterocycles. The molecule has 1 saturated heterocycles. The molecule has 7 rings (SSSR count). The lowest BCUT2D eigenvalue weighted by molar-refractivity contribution is -0.320. The van der Waals surface area contributed by atoms with E-state index in [1.165, 1.54) is 0 Å². The van der Waals surface area contributed by atoms with Crippen molar-refractivity contribution in [3.8, 4) is 0 Å². The number of nitrogen functional groups attached to an aromatic ring is 1. The summed E-state index contributed by atoms with van der Waals surface area (Å²) >= 11 is 0. The summed E-state index contributed by atoms with van der Waals surface area (Å²) in [5, 5.41) is 26.3. The quantitative estimate of drug-likeness (QED) is 0.306. The number of fused-ring (bicyclic) bond motifs is 2. The molecule has 1 aromatic rings. The van der Waals surface area contributed by atoms with Gasteiger partial charge in [0, 0.05) is 75.7 Å². The van der Waals surface area contributed by atoms with Gasteiger partial charge in [-0.15, -0.1) is 0 Å². The van der Waals surface area contributed by atoms with E-state index in [1.807, 2.05) is 0 Å². The molecule has 1 heterocycles. The fourth-order valence-corrected chi connectivity index (χ4v) is 12.0. The molecule has 232 valence electrons. The van der Waals surface area contributed by atoms with Crippen LogP contribution in [0.1, 0.15) is 43.0 Å². The van der Waals surface area contributed by atoms with Crippen LogP contribution in [0.15, 0.2) is 24.3 Å². The highest BCUT2D eigenvalue weighted by molar-refractivity contribution is 5.95. The number of benzene rings is 1. The summed E-state index contributed by atoms with van der Waals surface area (Å²) in [5.74, 6) is -0.892. The van der Waals surface area contributed by atoms with Gasteiger partial charge >= 0.3 is 5.97 Å². The Morgan fingerprint density at radius 2 is 1.86 bits per heavy atom. The average Bonchev–Trinajstić information content (AvgIpc) is 3.41. The smallest absolute Gasteiger partial charge is 0.340 e. The zero-order valence-electron chi connectivity index (χ0n) is 25.3. The highest BCUT2D eigenvalue weighted by Crippen LogP contribution is 2.80. The molecule has 4 N–H and O–H groups in total. The maximum absolute atomic E-state index is 13.4. The number of likely N-dealkylation sites (N-methyl/N-ethyl adjacent to an activating group) is 1. The summed E-state index contributed by atoms with van der Waals surface area (Å²) in [6, 6.07) is 6.55. The Hall–Kier alpha value is -1.79. The zero-order valence-corrected chi connectivity index (χ0v) is 25.3. The van der Waals surface area contributed by atoms with Gasteiger partial charge in [-0.1, -0.05) is 19.1 Å². The van der Waals surface area contributed by atoms with E-state index in [1.54, 1.807) is 52.7 Å². The number of rotatable bonds is 8. The number of aliphatic hydroxyl groups is 2. The van der Waals surface area contributed by atoms with E-state index in [4.69, 9.17) is 29.4 Å². The molecule has 0 amide bonds. The van der Waals surface area contributed by atoms with Gasteiger partial charge in [-0.3, -0.25) is 4.90 Å². The SMILES string of the molecule is CCN1C[C@]2(COC(=O)c3ccccc3N)CC[C@H](OC)C34[C@@H]5C[C@H]6[C@H](OC)[C@@H]5[C@](O)(C[C@@H]6OC)[C@@](O)([C@H]13)[C@@H](OC)[C@@H]42. The molecule has 5 aliphatic carbocycles. The molecule has 1 aromatic carbocycles. The summed E-state index contributed by atoms with van der Waals surface area (Å²) < 4.78 is 31.1. The Morgan fingerprint density at radius 3 is 2.50 bits per heavy atom. The van der Waals surface area contributed by atoms with E-state index in [0.29, 0.717) is 30.8 Å². The first-order valence-corrected chi connectivity index (χ1v) is 15.5. The molecule has 10 heteroatoms. The van der Waals surface area contributed by atoms with Crippen LogP contribution in [-0.2, 0) is 23.7 Å². The van der Waals surface area contributed by atoms with Crippen molar-refractivity contribution in [3.05, 3.63) is 29.8 Å². The van der Waals surface area contributed by atoms with Crippen molar-refractivity contribution >= 4 is 11.7 Å².